The number of carbonyl (C=O) groups is 1. The maximum absolute atomic E-state index is 12.7. The molecule has 3 aromatic heterocycles. The molecular weight excluding hydrogens is 499 g/mol. The summed E-state index contributed by atoms with van der Waals surface area (Å²) in [4.78, 5) is 18.7. The van der Waals surface area contributed by atoms with E-state index < -0.39 is 0 Å². The SMILES string of the molecule is O=C(Nc1cnc(-n2nccn2)c(Cl)c1)c1snc(-c2ccccc2)c1I. The van der Waals surface area contributed by atoms with E-state index in [1.165, 1.54) is 23.4 Å². The van der Waals surface area contributed by atoms with Gasteiger partial charge in [-0.2, -0.15) is 14.6 Å². The van der Waals surface area contributed by atoms with Crippen molar-refractivity contribution in [3.05, 3.63) is 68.5 Å². The number of hydrogen-bond acceptors (Lipinski definition) is 6. The van der Waals surface area contributed by atoms with E-state index in [-0.39, 0.29) is 5.91 Å². The van der Waals surface area contributed by atoms with Gasteiger partial charge in [-0.25, -0.2) is 4.98 Å². The zero-order valence-corrected chi connectivity index (χ0v) is 17.2. The largest absolute Gasteiger partial charge is 0.320 e. The van der Waals surface area contributed by atoms with E-state index in [1.807, 2.05) is 30.3 Å². The number of nitrogens with one attached hydrogen (secondary N) is 1. The first-order valence-corrected chi connectivity index (χ1v) is 9.90. The first-order valence-electron chi connectivity index (χ1n) is 7.67. The molecule has 0 saturated heterocycles. The molecule has 0 aliphatic rings. The topological polar surface area (TPSA) is 85.6 Å². The van der Waals surface area contributed by atoms with Crippen molar-refractivity contribution >= 4 is 57.3 Å². The Hall–Kier alpha value is -2.37. The van der Waals surface area contributed by atoms with Crippen molar-refractivity contribution in [1.82, 2.24) is 24.4 Å². The van der Waals surface area contributed by atoms with Crippen LogP contribution in [0.4, 0.5) is 5.69 Å². The van der Waals surface area contributed by atoms with Crippen LogP contribution in [-0.4, -0.2) is 30.3 Å². The molecule has 0 aliphatic carbocycles. The van der Waals surface area contributed by atoms with Crippen molar-refractivity contribution in [2.45, 2.75) is 0 Å². The molecule has 3 heterocycles. The smallest absolute Gasteiger partial charge is 0.268 e. The summed E-state index contributed by atoms with van der Waals surface area (Å²) in [6.07, 6.45) is 4.57. The number of benzene rings is 1. The van der Waals surface area contributed by atoms with Crippen LogP contribution >= 0.6 is 45.7 Å². The lowest BCUT2D eigenvalue weighted by Crippen LogP contribution is -2.12. The Labute approximate surface area is 176 Å². The predicted molar refractivity (Wildman–Crippen MR) is 112 cm³/mol. The summed E-state index contributed by atoms with van der Waals surface area (Å²) in [5.74, 6) is 0.125. The molecule has 4 rings (SSSR count). The monoisotopic (exact) mass is 508 g/mol. The molecule has 134 valence electrons. The van der Waals surface area contributed by atoms with Crippen molar-refractivity contribution in [3.8, 4) is 17.1 Å². The molecule has 10 heteroatoms. The molecule has 0 saturated carbocycles. The minimum absolute atomic E-state index is 0.262. The number of amides is 1. The van der Waals surface area contributed by atoms with Crippen LogP contribution in [0.5, 0.6) is 0 Å². The van der Waals surface area contributed by atoms with Gasteiger partial charge in [-0.05, 0) is 40.2 Å². The molecule has 0 unspecified atom stereocenters. The predicted octanol–water partition coefficient (Wildman–Crippen LogP) is 4.30. The number of pyridine rings is 1. The van der Waals surface area contributed by atoms with E-state index in [0.717, 1.165) is 26.4 Å². The van der Waals surface area contributed by atoms with Crippen LogP contribution in [0.3, 0.4) is 0 Å². The van der Waals surface area contributed by atoms with Gasteiger partial charge in [-0.15, -0.1) is 4.80 Å². The van der Waals surface area contributed by atoms with Crippen molar-refractivity contribution in [1.29, 1.82) is 0 Å². The normalized spacial score (nSPS) is 10.7. The number of halogens is 2. The van der Waals surface area contributed by atoms with Crippen LogP contribution in [-0.2, 0) is 0 Å². The van der Waals surface area contributed by atoms with Crippen LogP contribution < -0.4 is 5.32 Å². The summed E-state index contributed by atoms with van der Waals surface area (Å²) in [6, 6.07) is 11.4. The van der Waals surface area contributed by atoms with Gasteiger partial charge in [0.25, 0.3) is 5.91 Å². The molecule has 0 fully saturated rings. The third-order valence-electron chi connectivity index (χ3n) is 3.58. The van der Waals surface area contributed by atoms with Gasteiger partial charge in [0.1, 0.15) is 4.88 Å². The maximum Gasteiger partial charge on any atom is 0.268 e. The summed E-state index contributed by atoms with van der Waals surface area (Å²) in [7, 11) is 0. The molecule has 7 nitrogen and oxygen atoms in total. The van der Waals surface area contributed by atoms with Gasteiger partial charge in [0.15, 0.2) is 5.82 Å². The highest BCUT2D eigenvalue weighted by Gasteiger charge is 2.19. The van der Waals surface area contributed by atoms with Gasteiger partial charge >= 0.3 is 0 Å². The van der Waals surface area contributed by atoms with Gasteiger partial charge in [-0.1, -0.05) is 41.9 Å². The number of carbonyl (C=O) groups excluding carboxylic acids is 1. The van der Waals surface area contributed by atoms with E-state index in [1.54, 1.807) is 6.07 Å². The molecule has 0 radical (unpaired) electrons. The van der Waals surface area contributed by atoms with Gasteiger partial charge in [0.05, 0.1) is 38.6 Å². The summed E-state index contributed by atoms with van der Waals surface area (Å²) in [5, 5.41) is 11.1. The van der Waals surface area contributed by atoms with Gasteiger partial charge in [0, 0.05) is 5.56 Å². The Kier molecular flexibility index (Phi) is 5.14. The third-order valence-corrected chi connectivity index (χ3v) is 6.12. The lowest BCUT2D eigenvalue weighted by Gasteiger charge is -2.07. The summed E-state index contributed by atoms with van der Waals surface area (Å²) in [6.45, 7) is 0. The van der Waals surface area contributed by atoms with Crippen molar-refractivity contribution in [3.63, 3.8) is 0 Å². The van der Waals surface area contributed by atoms with Gasteiger partial charge in [-0.3, -0.25) is 4.79 Å². The molecule has 0 aliphatic heterocycles. The second-order valence-electron chi connectivity index (χ2n) is 5.34. The fraction of sp³-hybridized carbons (Fsp3) is 0. The second-order valence-corrected chi connectivity index (χ2v) is 7.60. The molecule has 0 spiro atoms. The molecule has 27 heavy (non-hydrogen) atoms. The Morgan fingerprint density at radius 2 is 1.93 bits per heavy atom. The van der Waals surface area contributed by atoms with Gasteiger partial charge in [0.2, 0.25) is 0 Å². The molecule has 4 aromatic rings. The highest BCUT2D eigenvalue weighted by atomic mass is 127. The maximum atomic E-state index is 12.7. The molecule has 1 N–H and O–H groups in total. The summed E-state index contributed by atoms with van der Waals surface area (Å²) in [5.41, 5.74) is 2.24. The molecule has 1 aromatic carbocycles. The fourth-order valence-corrected chi connectivity index (χ4v) is 4.42. The Morgan fingerprint density at radius 3 is 2.63 bits per heavy atom. The summed E-state index contributed by atoms with van der Waals surface area (Å²) >= 11 is 9.54. The zero-order chi connectivity index (χ0) is 18.8. The lowest BCUT2D eigenvalue weighted by molar-refractivity contribution is 0.103. The Morgan fingerprint density at radius 1 is 1.19 bits per heavy atom. The van der Waals surface area contributed by atoms with Crippen molar-refractivity contribution in [2.75, 3.05) is 5.32 Å². The Balaban J connectivity index is 1.56. The zero-order valence-electron chi connectivity index (χ0n) is 13.5. The highest BCUT2D eigenvalue weighted by molar-refractivity contribution is 14.1. The number of nitrogens with zero attached hydrogens (tertiary/aromatic N) is 5. The van der Waals surface area contributed by atoms with Crippen LogP contribution in [0.2, 0.25) is 5.02 Å². The number of anilines is 1. The van der Waals surface area contributed by atoms with E-state index >= 15 is 0 Å². The molecule has 0 atom stereocenters. The number of rotatable bonds is 4. The van der Waals surface area contributed by atoms with E-state index in [4.69, 9.17) is 11.6 Å². The third kappa shape index (κ3) is 3.70. The van der Waals surface area contributed by atoms with Crippen LogP contribution in [0.25, 0.3) is 17.1 Å². The quantitative estimate of drug-likeness (QED) is 0.416. The second kappa shape index (κ2) is 7.71. The molecule has 0 bridgehead atoms. The average Bonchev–Trinajstić information content (AvgIpc) is 3.32. The lowest BCUT2D eigenvalue weighted by atomic mass is 10.1. The van der Waals surface area contributed by atoms with Crippen LogP contribution in [0.1, 0.15) is 9.67 Å². The highest BCUT2D eigenvalue weighted by Crippen LogP contribution is 2.30. The average molecular weight is 509 g/mol. The van der Waals surface area contributed by atoms with E-state index in [2.05, 4.69) is 47.5 Å². The standard InChI is InChI=1S/C17H10ClIN6OS/c18-12-8-11(9-20-16(12)25-21-6-7-22-25)23-17(26)15-13(19)14(24-27-15)10-4-2-1-3-5-10/h1-9H,(H,23,26). The fourth-order valence-electron chi connectivity index (χ4n) is 2.35. The molecule has 1 amide bonds. The first kappa shape index (κ1) is 18.0. The van der Waals surface area contributed by atoms with E-state index in [9.17, 15) is 4.79 Å². The minimum atomic E-state index is -0.262. The molecular formula is C17H10ClIN6OS. The van der Waals surface area contributed by atoms with Gasteiger partial charge < -0.3 is 5.32 Å². The van der Waals surface area contributed by atoms with Crippen molar-refractivity contribution in [2.24, 2.45) is 0 Å². The summed E-state index contributed by atoms with van der Waals surface area (Å²) < 4.78 is 5.23. The van der Waals surface area contributed by atoms with Crippen LogP contribution in [0, 0.1) is 3.57 Å². The minimum Gasteiger partial charge on any atom is -0.320 e. The van der Waals surface area contributed by atoms with Crippen molar-refractivity contribution < 1.29 is 4.79 Å². The number of hydrogen-bond donors (Lipinski definition) is 1. The van der Waals surface area contributed by atoms with E-state index in [0.29, 0.717) is 21.4 Å². The number of aromatic nitrogens is 5. The Bertz CT molecular complexity index is 1100. The first-order chi connectivity index (χ1) is 13.1. The van der Waals surface area contributed by atoms with Crippen LogP contribution in [0.15, 0.2) is 55.0 Å².